The number of carbonyl (C=O) groups excluding carboxylic acids is 2. The van der Waals surface area contributed by atoms with Crippen LogP contribution in [0.3, 0.4) is 0 Å². The van der Waals surface area contributed by atoms with Crippen molar-refractivity contribution in [2.45, 2.75) is 19.9 Å². The quantitative estimate of drug-likeness (QED) is 0.318. The molecule has 2 N–H and O–H groups in total. The van der Waals surface area contributed by atoms with E-state index in [-0.39, 0.29) is 17.9 Å². The van der Waals surface area contributed by atoms with E-state index in [1.807, 2.05) is 62.4 Å². The van der Waals surface area contributed by atoms with Crippen LogP contribution in [0.5, 0.6) is 0 Å². The minimum atomic E-state index is -0.262. The average molecular weight is 488 g/mol. The lowest BCUT2D eigenvalue weighted by Crippen LogP contribution is -2.27. The summed E-state index contributed by atoms with van der Waals surface area (Å²) in [5, 5.41) is 6.69. The molecule has 0 aliphatic rings. The first kappa shape index (κ1) is 23.8. The van der Waals surface area contributed by atoms with Gasteiger partial charge in [0.25, 0.3) is 11.8 Å². The SMILES string of the molecule is Cc1ccc(-c2ncccc2C(=O)Nc2ccc3cc(C(=O)N[C@H](C)c4ccccn4)cnc3c2)cc1. The Bertz CT molecular complexity index is 1580. The fourth-order valence-electron chi connectivity index (χ4n) is 4.04. The molecule has 182 valence electrons. The van der Waals surface area contributed by atoms with E-state index in [4.69, 9.17) is 0 Å². The number of amides is 2. The molecule has 0 saturated carbocycles. The summed E-state index contributed by atoms with van der Waals surface area (Å²) in [6, 6.07) is 24.0. The number of aryl methyl sites for hydroxylation is 1. The molecule has 5 aromatic rings. The van der Waals surface area contributed by atoms with Crippen LogP contribution in [0.4, 0.5) is 5.69 Å². The molecular weight excluding hydrogens is 462 g/mol. The van der Waals surface area contributed by atoms with Gasteiger partial charge in [-0.05, 0) is 56.3 Å². The van der Waals surface area contributed by atoms with E-state index in [1.165, 1.54) is 6.20 Å². The Morgan fingerprint density at radius 2 is 1.62 bits per heavy atom. The van der Waals surface area contributed by atoms with Gasteiger partial charge in [-0.2, -0.15) is 0 Å². The Kier molecular flexibility index (Phi) is 6.68. The number of hydrogen-bond donors (Lipinski definition) is 2. The molecule has 0 radical (unpaired) electrons. The highest BCUT2D eigenvalue weighted by Crippen LogP contribution is 2.24. The lowest BCUT2D eigenvalue weighted by molar-refractivity contribution is 0.0938. The number of rotatable bonds is 6. The van der Waals surface area contributed by atoms with E-state index in [2.05, 4.69) is 25.6 Å². The average Bonchev–Trinajstić information content (AvgIpc) is 2.93. The van der Waals surface area contributed by atoms with E-state index in [0.29, 0.717) is 28.0 Å². The van der Waals surface area contributed by atoms with E-state index in [0.717, 1.165) is 22.2 Å². The van der Waals surface area contributed by atoms with Crippen molar-refractivity contribution in [3.63, 3.8) is 0 Å². The summed E-state index contributed by atoms with van der Waals surface area (Å²) < 4.78 is 0. The number of aromatic nitrogens is 3. The highest BCUT2D eigenvalue weighted by molar-refractivity contribution is 6.08. The van der Waals surface area contributed by atoms with Gasteiger partial charge in [0.1, 0.15) is 0 Å². The molecule has 3 heterocycles. The molecule has 7 heteroatoms. The number of anilines is 1. The number of nitrogens with zero attached hydrogens (tertiary/aromatic N) is 3. The van der Waals surface area contributed by atoms with Crippen LogP contribution in [0.2, 0.25) is 0 Å². The van der Waals surface area contributed by atoms with Crippen molar-refractivity contribution in [1.29, 1.82) is 0 Å². The number of hydrogen-bond acceptors (Lipinski definition) is 5. The summed E-state index contributed by atoms with van der Waals surface area (Å²) in [7, 11) is 0. The van der Waals surface area contributed by atoms with Crippen LogP contribution in [-0.2, 0) is 0 Å². The molecule has 5 rings (SSSR count). The van der Waals surface area contributed by atoms with Gasteiger partial charge in [0.15, 0.2) is 0 Å². The molecule has 0 spiro atoms. The molecule has 0 aliphatic heterocycles. The summed E-state index contributed by atoms with van der Waals surface area (Å²) in [6.07, 6.45) is 4.91. The Labute approximate surface area is 214 Å². The molecule has 0 fully saturated rings. The second-order valence-corrected chi connectivity index (χ2v) is 8.80. The van der Waals surface area contributed by atoms with Crippen molar-refractivity contribution in [3.8, 4) is 11.3 Å². The van der Waals surface area contributed by atoms with E-state index in [1.54, 1.807) is 42.7 Å². The molecule has 0 aliphatic carbocycles. The van der Waals surface area contributed by atoms with Crippen molar-refractivity contribution in [1.82, 2.24) is 20.3 Å². The van der Waals surface area contributed by atoms with E-state index < -0.39 is 0 Å². The van der Waals surface area contributed by atoms with Crippen molar-refractivity contribution in [2.24, 2.45) is 0 Å². The second-order valence-electron chi connectivity index (χ2n) is 8.80. The van der Waals surface area contributed by atoms with Crippen molar-refractivity contribution >= 4 is 28.4 Å². The van der Waals surface area contributed by atoms with Crippen molar-refractivity contribution in [3.05, 3.63) is 120 Å². The van der Waals surface area contributed by atoms with Gasteiger partial charge >= 0.3 is 0 Å². The minimum Gasteiger partial charge on any atom is -0.344 e. The number of carbonyl (C=O) groups is 2. The van der Waals surface area contributed by atoms with Crippen LogP contribution < -0.4 is 10.6 Å². The number of fused-ring (bicyclic) bond motifs is 1. The smallest absolute Gasteiger partial charge is 0.257 e. The van der Waals surface area contributed by atoms with Gasteiger partial charge < -0.3 is 10.6 Å². The van der Waals surface area contributed by atoms with Gasteiger partial charge in [-0.3, -0.25) is 24.5 Å². The molecule has 0 bridgehead atoms. The lowest BCUT2D eigenvalue weighted by Gasteiger charge is -2.13. The molecule has 7 nitrogen and oxygen atoms in total. The molecule has 2 aromatic carbocycles. The van der Waals surface area contributed by atoms with Crippen LogP contribution in [-0.4, -0.2) is 26.8 Å². The zero-order valence-electron chi connectivity index (χ0n) is 20.5. The fraction of sp³-hybridized carbons (Fsp3) is 0.100. The largest absolute Gasteiger partial charge is 0.344 e. The maximum absolute atomic E-state index is 13.1. The second kappa shape index (κ2) is 10.4. The van der Waals surface area contributed by atoms with Crippen LogP contribution >= 0.6 is 0 Å². The molecule has 3 aromatic heterocycles. The first-order chi connectivity index (χ1) is 18.0. The zero-order valence-corrected chi connectivity index (χ0v) is 20.5. The van der Waals surface area contributed by atoms with Crippen LogP contribution in [0, 0.1) is 6.92 Å². The van der Waals surface area contributed by atoms with Crippen LogP contribution in [0.25, 0.3) is 22.2 Å². The molecule has 1 atom stereocenters. The first-order valence-electron chi connectivity index (χ1n) is 11.9. The summed E-state index contributed by atoms with van der Waals surface area (Å²) in [4.78, 5) is 39.1. The summed E-state index contributed by atoms with van der Waals surface area (Å²) >= 11 is 0. The van der Waals surface area contributed by atoms with Gasteiger partial charge in [0.05, 0.1) is 34.1 Å². The molecule has 0 unspecified atom stereocenters. The highest BCUT2D eigenvalue weighted by Gasteiger charge is 2.16. The zero-order chi connectivity index (χ0) is 25.8. The number of nitrogens with one attached hydrogen (secondary N) is 2. The maximum Gasteiger partial charge on any atom is 0.257 e. The van der Waals surface area contributed by atoms with E-state index >= 15 is 0 Å². The number of pyridine rings is 3. The third kappa shape index (κ3) is 5.36. The number of benzene rings is 2. The third-order valence-corrected chi connectivity index (χ3v) is 6.06. The Hall–Kier alpha value is -4.91. The fourth-order valence-corrected chi connectivity index (χ4v) is 4.04. The van der Waals surface area contributed by atoms with Gasteiger partial charge in [-0.15, -0.1) is 0 Å². The molecule has 2 amide bonds. The van der Waals surface area contributed by atoms with Crippen LogP contribution in [0.15, 0.2) is 97.5 Å². The molecule has 37 heavy (non-hydrogen) atoms. The topological polar surface area (TPSA) is 96.9 Å². The highest BCUT2D eigenvalue weighted by atomic mass is 16.2. The lowest BCUT2D eigenvalue weighted by atomic mass is 10.0. The summed E-state index contributed by atoms with van der Waals surface area (Å²) in [6.45, 7) is 3.90. The molecule has 0 saturated heterocycles. The normalized spacial score (nSPS) is 11.6. The maximum atomic E-state index is 13.1. The van der Waals surface area contributed by atoms with E-state index in [9.17, 15) is 9.59 Å². The van der Waals surface area contributed by atoms with Gasteiger partial charge in [-0.25, -0.2) is 0 Å². The van der Waals surface area contributed by atoms with Gasteiger partial charge in [-0.1, -0.05) is 42.0 Å². The Morgan fingerprint density at radius 3 is 2.41 bits per heavy atom. The molecular formula is C30H25N5O2. The predicted molar refractivity (Wildman–Crippen MR) is 144 cm³/mol. The summed E-state index contributed by atoms with van der Waals surface area (Å²) in [5.74, 6) is -0.493. The van der Waals surface area contributed by atoms with Crippen molar-refractivity contribution in [2.75, 3.05) is 5.32 Å². The van der Waals surface area contributed by atoms with Gasteiger partial charge in [0.2, 0.25) is 0 Å². The minimum absolute atomic E-state index is 0.231. The first-order valence-corrected chi connectivity index (χ1v) is 11.9. The predicted octanol–water partition coefficient (Wildman–Crippen LogP) is 5.74. The van der Waals surface area contributed by atoms with Crippen molar-refractivity contribution < 1.29 is 9.59 Å². The monoisotopic (exact) mass is 487 g/mol. The van der Waals surface area contributed by atoms with Crippen LogP contribution in [0.1, 0.15) is 44.9 Å². The standard InChI is InChI=1S/C30H25N5O2/c1-19-8-10-21(11-9-19)28-25(6-5-15-32-28)30(37)35-24-13-12-22-16-23(18-33-27(22)17-24)29(36)34-20(2)26-7-3-4-14-31-26/h3-18,20H,1-2H3,(H,34,36)(H,35,37)/t20-/m1/s1. The van der Waals surface area contributed by atoms with Gasteiger partial charge in [0, 0.05) is 35.2 Å². The Balaban J connectivity index is 1.33. The Morgan fingerprint density at radius 1 is 0.811 bits per heavy atom. The third-order valence-electron chi connectivity index (χ3n) is 6.06. The summed E-state index contributed by atoms with van der Waals surface area (Å²) in [5.41, 5.74) is 5.61.